The molecule has 0 spiro atoms. The van der Waals surface area contributed by atoms with Gasteiger partial charge in [-0.15, -0.1) is 0 Å². The Kier molecular flexibility index (Phi) is 6.15. The molecule has 7 heteroatoms. The van der Waals surface area contributed by atoms with Crippen LogP contribution in [0, 0.1) is 6.92 Å². The van der Waals surface area contributed by atoms with E-state index in [0.717, 1.165) is 0 Å². The second-order valence-corrected chi connectivity index (χ2v) is 5.38. The molecule has 1 rings (SSSR count). The standard InChI is InChI=1S/C15H22N2O5/c1-10-12(15(20)21)8-11(22-10)9-17(4)14(19)7-5-6-13(18)16(2)3/h8H,5-7,9H2,1-4H3,(H,20,21). The van der Waals surface area contributed by atoms with Crippen LogP contribution in [0.3, 0.4) is 0 Å². The maximum absolute atomic E-state index is 12.0. The van der Waals surface area contributed by atoms with E-state index in [0.29, 0.717) is 24.4 Å². The fraction of sp³-hybridized carbons (Fsp3) is 0.533. The van der Waals surface area contributed by atoms with Gasteiger partial charge in [0.2, 0.25) is 11.8 Å². The number of hydrogen-bond acceptors (Lipinski definition) is 4. The van der Waals surface area contributed by atoms with Crippen LogP contribution in [0.4, 0.5) is 0 Å². The zero-order chi connectivity index (χ0) is 16.9. The quantitative estimate of drug-likeness (QED) is 0.824. The van der Waals surface area contributed by atoms with Crippen molar-refractivity contribution in [1.29, 1.82) is 0 Å². The largest absolute Gasteiger partial charge is 0.478 e. The Morgan fingerprint density at radius 1 is 1.14 bits per heavy atom. The average molecular weight is 310 g/mol. The summed E-state index contributed by atoms with van der Waals surface area (Å²) in [5.41, 5.74) is 0.104. The number of aromatic carboxylic acids is 1. The third-order valence-corrected chi connectivity index (χ3v) is 3.30. The van der Waals surface area contributed by atoms with E-state index in [-0.39, 0.29) is 30.3 Å². The minimum absolute atomic E-state index is 0.0109. The summed E-state index contributed by atoms with van der Waals surface area (Å²) in [5.74, 6) is -0.431. The van der Waals surface area contributed by atoms with Crippen LogP contribution < -0.4 is 0 Å². The molecule has 1 heterocycles. The number of rotatable bonds is 7. The predicted octanol–water partition coefficient (Wildman–Crippen LogP) is 1.50. The van der Waals surface area contributed by atoms with Crippen molar-refractivity contribution >= 4 is 17.8 Å². The first-order valence-corrected chi connectivity index (χ1v) is 6.99. The molecule has 122 valence electrons. The van der Waals surface area contributed by atoms with Crippen molar-refractivity contribution < 1.29 is 23.9 Å². The zero-order valence-electron chi connectivity index (χ0n) is 13.4. The van der Waals surface area contributed by atoms with Gasteiger partial charge in [-0.05, 0) is 19.4 Å². The van der Waals surface area contributed by atoms with Gasteiger partial charge in [0.25, 0.3) is 0 Å². The highest BCUT2D eigenvalue weighted by Crippen LogP contribution is 2.16. The Labute approximate surface area is 129 Å². The molecule has 1 aromatic heterocycles. The molecule has 0 aromatic carbocycles. The summed E-state index contributed by atoms with van der Waals surface area (Å²) in [4.78, 5) is 37.3. The second kappa shape index (κ2) is 7.63. The van der Waals surface area contributed by atoms with Crippen molar-refractivity contribution in [3.63, 3.8) is 0 Å². The number of carboxylic acids is 1. The van der Waals surface area contributed by atoms with Gasteiger partial charge in [-0.25, -0.2) is 4.79 Å². The third-order valence-electron chi connectivity index (χ3n) is 3.30. The molecule has 0 aliphatic carbocycles. The van der Waals surface area contributed by atoms with Crippen molar-refractivity contribution in [3.8, 4) is 0 Å². The van der Waals surface area contributed by atoms with E-state index in [2.05, 4.69) is 0 Å². The van der Waals surface area contributed by atoms with Gasteiger partial charge in [-0.3, -0.25) is 9.59 Å². The van der Waals surface area contributed by atoms with Crippen molar-refractivity contribution in [1.82, 2.24) is 9.80 Å². The molecule has 2 amide bonds. The highest BCUT2D eigenvalue weighted by molar-refractivity contribution is 5.88. The molecule has 7 nitrogen and oxygen atoms in total. The molecule has 1 N–H and O–H groups in total. The molecule has 0 aliphatic rings. The summed E-state index contributed by atoms with van der Waals surface area (Å²) in [6.45, 7) is 1.77. The minimum atomic E-state index is -1.05. The molecule has 0 radical (unpaired) electrons. The van der Waals surface area contributed by atoms with Crippen LogP contribution in [-0.2, 0) is 16.1 Å². The maximum atomic E-state index is 12.0. The summed E-state index contributed by atoms with van der Waals surface area (Å²) in [6.07, 6.45) is 1.08. The van der Waals surface area contributed by atoms with Crippen LogP contribution in [-0.4, -0.2) is 53.8 Å². The second-order valence-electron chi connectivity index (χ2n) is 5.38. The molecule has 0 saturated heterocycles. The molecule has 0 unspecified atom stereocenters. The van der Waals surface area contributed by atoms with Gasteiger partial charge in [0.1, 0.15) is 17.1 Å². The summed E-state index contributed by atoms with van der Waals surface area (Å²) in [6, 6.07) is 1.43. The number of carbonyl (C=O) groups is 3. The highest BCUT2D eigenvalue weighted by atomic mass is 16.4. The van der Waals surface area contributed by atoms with E-state index in [1.54, 1.807) is 28.1 Å². The Morgan fingerprint density at radius 2 is 1.73 bits per heavy atom. The van der Waals surface area contributed by atoms with E-state index >= 15 is 0 Å². The van der Waals surface area contributed by atoms with Crippen molar-refractivity contribution in [2.45, 2.75) is 32.7 Å². The van der Waals surface area contributed by atoms with Crippen molar-refractivity contribution in [3.05, 3.63) is 23.2 Å². The summed E-state index contributed by atoms with van der Waals surface area (Å²) >= 11 is 0. The number of hydrogen-bond donors (Lipinski definition) is 1. The predicted molar refractivity (Wildman–Crippen MR) is 79.4 cm³/mol. The summed E-state index contributed by atoms with van der Waals surface area (Å²) in [5, 5.41) is 8.96. The molecule has 0 aliphatic heterocycles. The fourth-order valence-electron chi connectivity index (χ4n) is 1.96. The molecule has 0 fully saturated rings. The molecule has 0 atom stereocenters. The third kappa shape index (κ3) is 4.91. The van der Waals surface area contributed by atoms with Crippen LogP contribution >= 0.6 is 0 Å². The number of aryl methyl sites for hydroxylation is 1. The summed E-state index contributed by atoms with van der Waals surface area (Å²) in [7, 11) is 4.97. The molecule has 1 aromatic rings. The van der Waals surface area contributed by atoms with Crippen LogP contribution in [0.2, 0.25) is 0 Å². The van der Waals surface area contributed by atoms with Gasteiger partial charge in [-0.1, -0.05) is 0 Å². The number of carboxylic acid groups (broad SMARTS) is 1. The Balaban J connectivity index is 2.49. The zero-order valence-corrected chi connectivity index (χ0v) is 13.4. The van der Waals surface area contributed by atoms with Gasteiger partial charge < -0.3 is 19.3 Å². The molecule has 22 heavy (non-hydrogen) atoms. The van der Waals surface area contributed by atoms with Gasteiger partial charge in [0.15, 0.2) is 0 Å². The van der Waals surface area contributed by atoms with E-state index < -0.39 is 5.97 Å². The van der Waals surface area contributed by atoms with Gasteiger partial charge in [0, 0.05) is 34.0 Å². The Bertz CT molecular complexity index is 562. The molecule has 0 bridgehead atoms. The Hall–Kier alpha value is -2.31. The number of furan rings is 1. The van der Waals surface area contributed by atoms with Gasteiger partial charge in [0.05, 0.1) is 6.54 Å². The number of carbonyl (C=O) groups excluding carboxylic acids is 2. The number of amides is 2. The summed E-state index contributed by atoms with van der Waals surface area (Å²) < 4.78 is 5.34. The van der Waals surface area contributed by atoms with E-state index in [1.165, 1.54) is 15.9 Å². The lowest BCUT2D eigenvalue weighted by Gasteiger charge is -2.16. The monoisotopic (exact) mass is 310 g/mol. The van der Waals surface area contributed by atoms with E-state index in [1.807, 2.05) is 0 Å². The first-order chi connectivity index (χ1) is 10.2. The normalized spacial score (nSPS) is 10.4. The van der Waals surface area contributed by atoms with Crippen molar-refractivity contribution in [2.24, 2.45) is 0 Å². The van der Waals surface area contributed by atoms with E-state index in [9.17, 15) is 14.4 Å². The Morgan fingerprint density at radius 3 is 2.23 bits per heavy atom. The minimum Gasteiger partial charge on any atom is -0.478 e. The van der Waals surface area contributed by atoms with Gasteiger partial charge >= 0.3 is 5.97 Å². The van der Waals surface area contributed by atoms with E-state index in [4.69, 9.17) is 9.52 Å². The van der Waals surface area contributed by atoms with Gasteiger partial charge in [-0.2, -0.15) is 0 Å². The molecular formula is C15H22N2O5. The fourth-order valence-corrected chi connectivity index (χ4v) is 1.96. The molecular weight excluding hydrogens is 288 g/mol. The maximum Gasteiger partial charge on any atom is 0.339 e. The smallest absolute Gasteiger partial charge is 0.339 e. The lowest BCUT2D eigenvalue weighted by molar-refractivity contribution is -0.131. The number of nitrogens with zero attached hydrogens (tertiary/aromatic N) is 2. The van der Waals surface area contributed by atoms with Crippen LogP contribution in [0.15, 0.2) is 10.5 Å². The van der Waals surface area contributed by atoms with Crippen LogP contribution in [0.5, 0.6) is 0 Å². The van der Waals surface area contributed by atoms with Crippen LogP contribution in [0.1, 0.15) is 41.1 Å². The van der Waals surface area contributed by atoms with Crippen molar-refractivity contribution in [2.75, 3.05) is 21.1 Å². The lowest BCUT2D eigenvalue weighted by Crippen LogP contribution is -2.26. The topological polar surface area (TPSA) is 91.1 Å². The van der Waals surface area contributed by atoms with Crippen LogP contribution in [0.25, 0.3) is 0 Å². The SMILES string of the molecule is Cc1oc(CN(C)C(=O)CCCC(=O)N(C)C)cc1C(=O)O. The average Bonchev–Trinajstić information content (AvgIpc) is 2.79. The lowest BCUT2D eigenvalue weighted by atomic mass is 10.2. The highest BCUT2D eigenvalue weighted by Gasteiger charge is 2.17. The first kappa shape index (κ1) is 17.7. The first-order valence-electron chi connectivity index (χ1n) is 6.99. The molecule has 0 saturated carbocycles.